The third-order valence-corrected chi connectivity index (χ3v) is 1.28. The molecule has 0 heterocycles. The Balaban J connectivity index is 3.65. The Morgan fingerprint density at radius 1 is 1.50 bits per heavy atom. The Bertz CT molecular complexity index is 169. The van der Waals surface area contributed by atoms with Gasteiger partial charge in [0.25, 0.3) is 0 Å². The zero-order valence-corrected chi connectivity index (χ0v) is 7.24. The minimum atomic E-state index is -1.31. The Kier molecular flexibility index (Phi) is 4.83. The molecule has 12 heavy (non-hydrogen) atoms. The van der Waals surface area contributed by atoms with Gasteiger partial charge in [-0.25, -0.2) is 14.5 Å². The van der Waals surface area contributed by atoms with Crippen molar-refractivity contribution < 1.29 is 19.4 Å². The van der Waals surface area contributed by atoms with Crippen LogP contribution in [0.3, 0.4) is 0 Å². The van der Waals surface area contributed by atoms with E-state index in [2.05, 4.69) is 4.74 Å². The molecule has 0 aromatic carbocycles. The van der Waals surface area contributed by atoms with E-state index < -0.39 is 12.2 Å². The third-order valence-electron chi connectivity index (χ3n) is 1.28. The monoisotopic (exact) mass is 175 g/mol. The number of rotatable bonds is 3. The summed E-state index contributed by atoms with van der Waals surface area (Å²) in [6, 6.07) is 0. The van der Waals surface area contributed by atoms with Crippen molar-refractivity contribution in [1.82, 2.24) is 4.90 Å². The van der Waals surface area contributed by atoms with Crippen molar-refractivity contribution in [2.45, 2.75) is 19.8 Å². The van der Waals surface area contributed by atoms with Crippen molar-refractivity contribution in [3.05, 3.63) is 0 Å². The number of ether oxygens (including phenoxy) is 1. The molecule has 70 valence electrons. The second-order valence-electron chi connectivity index (χ2n) is 2.31. The lowest BCUT2D eigenvalue weighted by Crippen LogP contribution is -2.32. The molecule has 0 rings (SSSR count). The average Bonchev–Trinajstić information content (AvgIpc) is 2.03. The minimum absolute atomic E-state index is 0.271. The number of imide groups is 1. The first-order valence-corrected chi connectivity index (χ1v) is 3.73. The van der Waals surface area contributed by atoms with Crippen LogP contribution >= 0.6 is 0 Å². The maximum Gasteiger partial charge on any atom is 0.419 e. The van der Waals surface area contributed by atoms with E-state index in [9.17, 15) is 9.59 Å². The summed E-state index contributed by atoms with van der Waals surface area (Å²) in [6.07, 6.45) is -0.476. The SMILES string of the molecule is CCCCOC(=O)N(C)C(=O)O. The van der Waals surface area contributed by atoms with Gasteiger partial charge in [-0.15, -0.1) is 0 Å². The van der Waals surface area contributed by atoms with Crippen molar-refractivity contribution in [2.24, 2.45) is 0 Å². The van der Waals surface area contributed by atoms with Gasteiger partial charge in [-0.05, 0) is 6.42 Å². The Morgan fingerprint density at radius 3 is 2.50 bits per heavy atom. The number of carboxylic acid groups (broad SMARTS) is 1. The smallest absolute Gasteiger partial charge is 0.419 e. The summed E-state index contributed by atoms with van der Waals surface area (Å²) < 4.78 is 4.61. The van der Waals surface area contributed by atoms with Crippen LogP contribution in [-0.4, -0.2) is 35.8 Å². The van der Waals surface area contributed by atoms with Crippen LogP contribution in [0.25, 0.3) is 0 Å². The van der Waals surface area contributed by atoms with Crippen LogP contribution in [0.15, 0.2) is 0 Å². The van der Waals surface area contributed by atoms with Crippen LogP contribution in [0.5, 0.6) is 0 Å². The molecule has 0 aromatic rings. The minimum Gasteiger partial charge on any atom is -0.465 e. The van der Waals surface area contributed by atoms with E-state index in [4.69, 9.17) is 5.11 Å². The van der Waals surface area contributed by atoms with Crippen LogP contribution in [-0.2, 0) is 4.74 Å². The third kappa shape index (κ3) is 3.80. The number of hydrogen-bond donors (Lipinski definition) is 1. The molecule has 5 heteroatoms. The Hall–Kier alpha value is -1.26. The molecule has 0 aromatic heterocycles. The summed E-state index contributed by atoms with van der Waals surface area (Å²) in [5, 5.41) is 8.33. The standard InChI is InChI=1S/C7H13NO4/c1-3-4-5-12-7(11)8(2)6(9)10/h3-5H2,1-2H3,(H,9,10). The normalized spacial score (nSPS) is 9.17. The molecular formula is C7H13NO4. The summed E-state index contributed by atoms with van der Waals surface area (Å²) in [6.45, 7) is 2.22. The van der Waals surface area contributed by atoms with Gasteiger partial charge in [0.15, 0.2) is 0 Å². The van der Waals surface area contributed by atoms with Gasteiger partial charge in [-0.3, -0.25) is 0 Å². The van der Waals surface area contributed by atoms with Crippen LogP contribution in [0.2, 0.25) is 0 Å². The lowest BCUT2D eigenvalue weighted by atomic mass is 10.4. The van der Waals surface area contributed by atoms with Crippen molar-refractivity contribution in [1.29, 1.82) is 0 Å². The maximum atomic E-state index is 10.8. The molecule has 0 aliphatic rings. The number of carbonyl (C=O) groups is 2. The van der Waals surface area contributed by atoms with E-state index in [1.807, 2.05) is 6.92 Å². The van der Waals surface area contributed by atoms with Crippen LogP contribution in [0.1, 0.15) is 19.8 Å². The van der Waals surface area contributed by atoms with E-state index in [0.717, 1.165) is 19.9 Å². The number of hydrogen-bond acceptors (Lipinski definition) is 3. The van der Waals surface area contributed by atoms with Gasteiger partial charge in [-0.2, -0.15) is 0 Å². The highest BCUT2D eigenvalue weighted by Gasteiger charge is 2.15. The van der Waals surface area contributed by atoms with E-state index in [1.165, 1.54) is 0 Å². The highest BCUT2D eigenvalue weighted by atomic mass is 16.6. The lowest BCUT2D eigenvalue weighted by Gasteiger charge is -2.10. The van der Waals surface area contributed by atoms with Gasteiger partial charge in [0, 0.05) is 7.05 Å². The summed E-state index contributed by atoms with van der Waals surface area (Å²) in [5.74, 6) is 0. The van der Waals surface area contributed by atoms with Crippen molar-refractivity contribution >= 4 is 12.2 Å². The molecular weight excluding hydrogens is 162 g/mol. The van der Waals surface area contributed by atoms with Crippen molar-refractivity contribution in [3.8, 4) is 0 Å². The van der Waals surface area contributed by atoms with Crippen molar-refractivity contribution in [2.75, 3.05) is 13.7 Å². The molecule has 0 atom stereocenters. The van der Waals surface area contributed by atoms with Crippen LogP contribution in [0.4, 0.5) is 9.59 Å². The fourth-order valence-corrected chi connectivity index (χ4v) is 0.479. The number of amides is 2. The topological polar surface area (TPSA) is 66.8 Å². The zero-order chi connectivity index (χ0) is 9.56. The maximum absolute atomic E-state index is 10.8. The Labute approximate surface area is 70.9 Å². The Morgan fingerprint density at radius 2 is 2.08 bits per heavy atom. The zero-order valence-electron chi connectivity index (χ0n) is 7.24. The predicted octanol–water partition coefficient (Wildman–Crippen LogP) is 1.53. The molecule has 0 saturated carbocycles. The number of carbonyl (C=O) groups excluding carboxylic acids is 1. The van der Waals surface area contributed by atoms with E-state index >= 15 is 0 Å². The second kappa shape index (κ2) is 5.40. The molecule has 0 unspecified atom stereocenters. The summed E-state index contributed by atoms with van der Waals surface area (Å²) >= 11 is 0. The first kappa shape index (κ1) is 10.7. The molecule has 0 aliphatic heterocycles. The molecule has 0 bridgehead atoms. The quantitative estimate of drug-likeness (QED) is 0.660. The first-order chi connectivity index (χ1) is 5.59. The van der Waals surface area contributed by atoms with E-state index in [1.54, 1.807) is 0 Å². The van der Waals surface area contributed by atoms with E-state index in [-0.39, 0.29) is 6.61 Å². The van der Waals surface area contributed by atoms with Crippen molar-refractivity contribution in [3.63, 3.8) is 0 Å². The largest absolute Gasteiger partial charge is 0.465 e. The van der Waals surface area contributed by atoms with Gasteiger partial charge in [0.05, 0.1) is 6.61 Å². The second-order valence-corrected chi connectivity index (χ2v) is 2.31. The molecule has 0 aliphatic carbocycles. The van der Waals surface area contributed by atoms with Crippen LogP contribution < -0.4 is 0 Å². The molecule has 2 amide bonds. The molecule has 0 fully saturated rings. The number of nitrogens with zero attached hydrogens (tertiary/aromatic N) is 1. The predicted molar refractivity (Wildman–Crippen MR) is 42.0 cm³/mol. The molecule has 0 spiro atoms. The van der Waals surface area contributed by atoms with Gasteiger partial charge >= 0.3 is 12.2 Å². The van der Waals surface area contributed by atoms with Gasteiger partial charge in [-0.1, -0.05) is 13.3 Å². The lowest BCUT2D eigenvalue weighted by molar-refractivity contribution is 0.102. The molecule has 0 radical (unpaired) electrons. The summed E-state index contributed by atoms with van der Waals surface area (Å²) in [5.41, 5.74) is 0. The summed E-state index contributed by atoms with van der Waals surface area (Å²) in [7, 11) is 1.15. The molecule has 5 nitrogen and oxygen atoms in total. The fourth-order valence-electron chi connectivity index (χ4n) is 0.479. The highest BCUT2D eigenvalue weighted by molar-refractivity contribution is 5.86. The first-order valence-electron chi connectivity index (χ1n) is 3.73. The fraction of sp³-hybridized carbons (Fsp3) is 0.714. The van der Waals surface area contributed by atoms with Gasteiger partial charge in [0.2, 0.25) is 0 Å². The average molecular weight is 175 g/mol. The van der Waals surface area contributed by atoms with Gasteiger partial charge in [0.1, 0.15) is 0 Å². The molecule has 1 N–H and O–H groups in total. The summed E-state index contributed by atoms with van der Waals surface area (Å²) in [4.78, 5) is 21.5. The highest BCUT2D eigenvalue weighted by Crippen LogP contribution is 1.94. The van der Waals surface area contributed by atoms with Crippen LogP contribution in [0, 0.1) is 0 Å². The number of unbranched alkanes of at least 4 members (excludes halogenated alkanes) is 1. The van der Waals surface area contributed by atoms with E-state index in [0.29, 0.717) is 4.90 Å². The van der Waals surface area contributed by atoms with Gasteiger partial charge < -0.3 is 9.84 Å². The molecule has 0 saturated heterocycles.